The lowest BCUT2D eigenvalue weighted by molar-refractivity contribution is 0.0981. The molecule has 3 aromatic heterocycles. The predicted molar refractivity (Wildman–Crippen MR) is 134 cm³/mol. The molecule has 3 N–H and O–H groups in total. The highest BCUT2D eigenvalue weighted by Crippen LogP contribution is 2.49. The van der Waals surface area contributed by atoms with Crippen LogP contribution in [0.15, 0.2) is 54.9 Å². The fraction of sp³-hybridized carbons (Fsp3) is 0.280. The van der Waals surface area contributed by atoms with Gasteiger partial charge in [-0.1, -0.05) is 36.4 Å². The number of hydrogen-bond acceptors (Lipinski definition) is 7. The van der Waals surface area contributed by atoms with Crippen molar-refractivity contribution in [1.29, 1.82) is 0 Å². The molecule has 0 bridgehead atoms. The van der Waals surface area contributed by atoms with Crippen molar-refractivity contribution in [3.8, 4) is 22.4 Å². The molecule has 0 amide bonds. The molecule has 0 atom stereocenters. The number of ketones is 1. The Morgan fingerprint density at radius 1 is 1.00 bits per heavy atom. The number of Topliss-reactive ketones (excluding diaryl/α,β-unsaturated/α-hetero) is 1. The molecule has 1 saturated heterocycles. The van der Waals surface area contributed by atoms with Gasteiger partial charge in [-0.2, -0.15) is 20.2 Å². The van der Waals surface area contributed by atoms with Gasteiger partial charge < -0.3 is 5.32 Å². The zero-order valence-corrected chi connectivity index (χ0v) is 19.3. The highest BCUT2D eigenvalue weighted by atomic mass is 32.3. The fourth-order valence-corrected chi connectivity index (χ4v) is 6.41. The lowest BCUT2D eigenvalue weighted by Crippen LogP contribution is -2.27. The van der Waals surface area contributed by atoms with E-state index in [0.29, 0.717) is 54.3 Å². The van der Waals surface area contributed by atoms with Gasteiger partial charge in [-0.25, -0.2) is 4.98 Å². The maximum atomic E-state index is 12.9. The highest BCUT2D eigenvalue weighted by Gasteiger charge is 2.33. The number of anilines is 1. The molecule has 0 saturated carbocycles. The number of pyridine rings is 1. The summed E-state index contributed by atoms with van der Waals surface area (Å²) in [5.41, 5.74) is 5.68. The molecule has 0 unspecified atom stereocenters. The maximum Gasteiger partial charge on any atom is 0.170 e. The van der Waals surface area contributed by atoms with Gasteiger partial charge in [-0.3, -0.25) is 18.9 Å². The number of carbonyl (C=O) groups excluding carboxylic acids is 1. The van der Waals surface area contributed by atoms with E-state index < -0.39 is 10.6 Å². The Labute approximate surface area is 198 Å². The third-order valence-corrected chi connectivity index (χ3v) is 8.49. The van der Waals surface area contributed by atoms with Gasteiger partial charge in [-0.15, -0.1) is 0 Å². The minimum Gasteiger partial charge on any atom is -0.369 e. The van der Waals surface area contributed by atoms with Gasteiger partial charge in [-0.05, 0) is 18.9 Å². The Morgan fingerprint density at radius 2 is 1.79 bits per heavy atom. The monoisotopic (exact) mass is 475 g/mol. The smallest absolute Gasteiger partial charge is 0.170 e. The first-order valence-corrected chi connectivity index (χ1v) is 13.3. The van der Waals surface area contributed by atoms with Crippen molar-refractivity contribution in [2.75, 3.05) is 23.4 Å². The number of rotatable bonds is 3. The summed E-state index contributed by atoms with van der Waals surface area (Å²) in [6, 6.07) is 14.0. The van der Waals surface area contributed by atoms with Crippen LogP contribution in [0.3, 0.4) is 0 Å². The van der Waals surface area contributed by atoms with Crippen LogP contribution in [0.1, 0.15) is 41.2 Å². The topological polar surface area (TPSA) is 113 Å². The minimum absolute atomic E-state index is 0.00357. The minimum atomic E-state index is -2.52. The molecule has 2 aliphatic heterocycles. The van der Waals surface area contributed by atoms with Crippen LogP contribution in [0.5, 0.6) is 0 Å². The van der Waals surface area contributed by atoms with Crippen LogP contribution in [0.4, 0.5) is 5.82 Å². The summed E-state index contributed by atoms with van der Waals surface area (Å²) in [5, 5.41) is 7.93. The van der Waals surface area contributed by atoms with E-state index in [4.69, 9.17) is 4.98 Å². The fourth-order valence-electron chi connectivity index (χ4n) is 4.88. The molecular weight excluding hydrogens is 450 g/mol. The van der Waals surface area contributed by atoms with Crippen LogP contribution < -0.4 is 5.32 Å². The lowest BCUT2D eigenvalue weighted by Gasteiger charge is -2.39. The summed E-state index contributed by atoms with van der Waals surface area (Å²) in [6.45, 7) is 0.554. The third kappa shape index (κ3) is 3.66. The molecule has 4 aromatic rings. The summed E-state index contributed by atoms with van der Waals surface area (Å²) in [7, 11) is -2.52. The van der Waals surface area contributed by atoms with Crippen LogP contribution >= 0.6 is 10.6 Å². The maximum absolute atomic E-state index is 12.9. The Kier molecular flexibility index (Phi) is 5.13. The number of carbonyl (C=O) groups is 1. The average Bonchev–Trinajstić information content (AvgIpc) is 3.29. The number of nitrogens with zero attached hydrogens (tertiary/aromatic N) is 4. The number of benzene rings is 1. The second kappa shape index (κ2) is 8.19. The Balaban J connectivity index is 1.45. The quantitative estimate of drug-likeness (QED) is 0.378. The van der Waals surface area contributed by atoms with Crippen LogP contribution in [-0.2, 0) is 0 Å². The lowest BCUT2D eigenvalue weighted by atomic mass is 9.91. The van der Waals surface area contributed by atoms with Crippen LogP contribution in [0.2, 0.25) is 0 Å². The second-order valence-corrected chi connectivity index (χ2v) is 11.3. The molecule has 9 heteroatoms. The van der Waals surface area contributed by atoms with E-state index in [2.05, 4.69) is 15.4 Å². The first-order chi connectivity index (χ1) is 16.5. The average molecular weight is 476 g/mol. The Morgan fingerprint density at radius 3 is 2.53 bits per heavy atom. The van der Waals surface area contributed by atoms with Crippen LogP contribution in [0, 0.1) is 0 Å². The van der Waals surface area contributed by atoms with E-state index >= 15 is 0 Å². The predicted octanol–water partition coefficient (Wildman–Crippen LogP) is 5.08. The van der Waals surface area contributed by atoms with Crippen molar-refractivity contribution < 1.29 is 13.9 Å². The standard InChI is InChI=1S/C25H25N5O3S/c31-21-8-11-26-25-22(21)23(17-9-12-34(32,33)13-10-17)29-24-19(15-28-30(24)25)18-6-7-20(27-14-18)16-4-2-1-3-5-16/h1-7,14-15,17,26,32-33H,8-13H2. The molecule has 1 aromatic carbocycles. The molecule has 1 fully saturated rings. The van der Waals surface area contributed by atoms with Gasteiger partial charge in [0.05, 0.1) is 23.1 Å². The van der Waals surface area contributed by atoms with Crippen LogP contribution in [0.25, 0.3) is 28.0 Å². The summed E-state index contributed by atoms with van der Waals surface area (Å²) in [4.78, 5) is 22.6. The van der Waals surface area contributed by atoms with Gasteiger partial charge in [0, 0.05) is 53.3 Å². The first-order valence-electron chi connectivity index (χ1n) is 11.4. The molecule has 0 radical (unpaired) electrons. The molecule has 8 nitrogen and oxygen atoms in total. The molecule has 2 aliphatic rings. The largest absolute Gasteiger partial charge is 0.369 e. The van der Waals surface area contributed by atoms with E-state index in [1.807, 2.05) is 48.7 Å². The molecule has 6 rings (SSSR count). The van der Waals surface area contributed by atoms with Crippen molar-refractivity contribution in [3.63, 3.8) is 0 Å². The van der Waals surface area contributed by atoms with Gasteiger partial charge in [0.2, 0.25) is 0 Å². The van der Waals surface area contributed by atoms with E-state index in [0.717, 1.165) is 28.1 Å². The number of fused-ring (bicyclic) bond motifs is 3. The summed E-state index contributed by atoms with van der Waals surface area (Å²) >= 11 is 0. The van der Waals surface area contributed by atoms with Crippen molar-refractivity contribution in [3.05, 3.63) is 66.1 Å². The Hall–Kier alpha value is -3.27. The van der Waals surface area contributed by atoms with E-state index in [1.165, 1.54) is 0 Å². The summed E-state index contributed by atoms with van der Waals surface area (Å²) < 4.78 is 21.9. The molecule has 0 spiro atoms. The molecule has 34 heavy (non-hydrogen) atoms. The van der Waals surface area contributed by atoms with Gasteiger partial charge in [0.25, 0.3) is 0 Å². The van der Waals surface area contributed by atoms with Crippen molar-refractivity contribution >= 4 is 27.8 Å². The summed E-state index contributed by atoms with van der Waals surface area (Å²) in [6.07, 6.45) is 5.20. The molecular formula is C25H25N5O3S. The van der Waals surface area contributed by atoms with Crippen LogP contribution in [-0.4, -0.2) is 52.5 Å². The van der Waals surface area contributed by atoms with Gasteiger partial charge in [0.1, 0.15) is 5.82 Å². The SMILES string of the molecule is O=C1CCNc2c1c(C1CCS(O)(O)CC1)nc1c(-c3ccc(-c4ccccc4)nc3)cnn21. The normalized spacial score (nSPS) is 18.9. The molecule has 0 aliphatic carbocycles. The highest BCUT2D eigenvalue weighted by molar-refractivity contribution is 8.24. The number of nitrogens with one attached hydrogen (secondary N) is 1. The van der Waals surface area contributed by atoms with Crippen molar-refractivity contribution in [1.82, 2.24) is 19.6 Å². The van der Waals surface area contributed by atoms with Gasteiger partial charge in [0.15, 0.2) is 11.4 Å². The van der Waals surface area contributed by atoms with E-state index in [9.17, 15) is 13.9 Å². The first kappa shape index (κ1) is 21.3. The number of aromatic nitrogens is 4. The van der Waals surface area contributed by atoms with Gasteiger partial charge >= 0.3 is 0 Å². The zero-order valence-electron chi connectivity index (χ0n) is 18.5. The van der Waals surface area contributed by atoms with E-state index in [1.54, 1.807) is 10.7 Å². The second-order valence-electron chi connectivity index (χ2n) is 8.90. The number of hydrogen-bond donors (Lipinski definition) is 3. The third-order valence-electron chi connectivity index (χ3n) is 6.72. The summed E-state index contributed by atoms with van der Waals surface area (Å²) in [5.74, 6) is 1.43. The molecule has 174 valence electrons. The Bertz CT molecular complexity index is 1380. The zero-order chi connectivity index (χ0) is 23.3. The van der Waals surface area contributed by atoms with Crippen molar-refractivity contribution in [2.45, 2.75) is 25.2 Å². The van der Waals surface area contributed by atoms with Crippen molar-refractivity contribution in [2.24, 2.45) is 0 Å². The van der Waals surface area contributed by atoms with E-state index in [-0.39, 0.29) is 11.7 Å². The molecule has 5 heterocycles.